The fraction of sp³-hybridized carbons (Fsp3) is 0.500. The Morgan fingerprint density at radius 1 is 1.23 bits per heavy atom. The summed E-state index contributed by atoms with van der Waals surface area (Å²) in [5.74, 6) is 0. The summed E-state index contributed by atoms with van der Waals surface area (Å²) in [6.45, 7) is 6.09. The Morgan fingerprint density at radius 3 is 2.23 bits per heavy atom. The van der Waals surface area contributed by atoms with Gasteiger partial charge in [0.05, 0.1) is 0 Å². The third kappa shape index (κ3) is 2.31. The van der Waals surface area contributed by atoms with Crippen molar-refractivity contribution >= 4 is 0 Å². The molecule has 1 atom stereocenters. The van der Waals surface area contributed by atoms with Gasteiger partial charge in [0, 0.05) is 0 Å². The highest BCUT2D eigenvalue weighted by atomic mass is 16.3. The molecule has 0 N–H and O–H groups in total. The molecule has 0 amide bonds. The molecule has 0 saturated heterocycles. The Labute approximate surface area is 80.4 Å². The minimum Gasteiger partial charge on any atom is -0.228 e. The molecule has 0 bridgehead atoms. The first-order valence-electron chi connectivity index (χ1n) is 4.88. The van der Waals surface area contributed by atoms with Crippen LogP contribution in [0.25, 0.3) is 0 Å². The van der Waals surface area contributed by atoms with E-state index >= 15 is 0 Å². The van der Waals surface area contributed by atoms with Crippen LogP contribution in [0, 0.1) is 13.8 Å². The summed E-state index contributed by atoms with van der Waals surface area (Å²) >= 11 is 0. The van der Waals surface area contributed by atoms with Crippen molar-refractivity contribution in [2.24, 2.45) is 0 Å². The summed E-state index contributed by atoms with van der Waals surface area (Å²) in [7, 11) is 0. The van der Waals surface area contributed by atoms with Crippen LogP contribution in [0.4, 0.5) is 0 Å². The molecule has 71 valence electrons. The number of hydrogen-bond acceptors (Lipinski definition) is 0. The molecule has 0 fully saturated rings. The highest BCUT2D eigenvalue weighted by Gasteiger charge is 2.12. The van der Waals surface area contributed by atoms with Crippen molar-refractivity contribution in [3.63, 3.8) is 0 Å². The SMILES string of the molecule is CCCC([O])c1c(C)cccc1C. The first-order valence-corrected chi connectivity index (χ1v) is 4.88. The predicted octanol–water partition coefficient (Wildman–Crippen LogP) is 3.58. The van der Waals surface area contributed by atoms with Gasteiger partial charge in [-0.1, -0.05) is 31.5 Å². The minimum absolute atomic E-state index is 0.536. The number of benzene rings is 1. The van der Waals surface area contributed by atoms with Crippen LogP contribution in [0.1, 0.15) is 42.6 Å². The molecule has 1 rings (SSSR count). The first kappa shape index (κ1) is 10.3. The van der Waals surface area contributed by atoms with Gasteiger partial charge < -0.3 is 0 Å². The van der Waals surface area contributed by atoms with Crippen LogP contribution >= 0.6 is 0 Å². The minimum atomic E-state index is -0.536. The molecule has 13 heavy (non-hydrogen) atoms. The summed E-state index contributed by atoms with van der Waals surface area (Å²) in [5.41, 5.74) is 3.27. The standard InChI is InChI=1S/C12H17O/c1-4-6-11(13)12-9(2)7-5-8-10(12)3/h5,7-8,11H,4,6H2,1-3H3. The van der Waals surface area contributed by atoms with E-state index in [1.54, 1.807) is 0 Å². The van der Waals surface area contributed by atoms with Crippen LogP contribution in [0.2, 0.25) is 0 Å². The molecule has 0 aliphatic rings. The van der Waals surface area contributed by atoms with Crippen LogP contribution in [0.5, 0.6) is 0 Å². The normalized spacial score (nSPS) is 12.9. The molecule has 1 heteroatoms. The average Bonchev–Trinajstić information content (AvgIpc) is 2.04. The number of aryl methyl sites for hydroxylation is 2. The predicted molar refractivity (Wildman–Crippen MR) is 54.3 cm³/mol. The zero-order chi connectivity index (χ0) is 9.84. The van der Waals surface area contributed by atoms with Gasteiger partial charge in [-0.05, 0) is 37.0 Å². The zero-order valence-corrected chi connectivity index (χ0v) is 8.63. The quantitative estimate of drug-likeness (QED) is 0.672. The van der Waals surface area contributed by atoms with Crippen molar-refractivity contribution in [1.82, 2.24) is 0 Å². The summed E-state index contributed by atoms with van der Waals surface area (Å²) in [5, 5.41) is 11.8. The largest absolute Gasteiger partial charge is 0.228 e. The molecule has 0 spiro atoms. The van der Waals surface area contributed by atoms with E-state index in [9.17, 15) is 5.11 Å². The molecule has 1 aromatic rings. The number of hydrogen-bond donors (Lipinski definition) is 0. The van der Waals surface area contributed by atoms with Crippen LogP contribution in [-0.4, -0.2) is 0 Å². The maximum Gasteiger partial charge on any atom is 0.118 e. The molecule has 1 radical (unpaired) electrons. The smallest absolute Gasteiger partial charge is 0.118 e. The van der Waals surface area contributed by atoms with E-state index in [1.165, 1.54) is 0 Å². The van der Waals surface area contributed by atoms with Crippen LogP contribution < -0.4 is 0 Å². The Morgan fingerprint density at radius 2 is 1.77 bits per heavy atom. The zero-order valence-electron chi connectivity index (χ0n) is 8.63. The topological polar surface area (TPSA) is 19.9 Å². The third-order valence-corrected chi connectivity index (χ3v) is 2.41. The van der Waals surface area contributed by atoms with E-state index in [2.05, 4.69) is 6.92 Å². The van der Waals surface area contributed by atoms with Gasteiger partial charge in [0.25, 0.3) is 0 Å². The maximum absolute atomic E-state index is 11.8. The van der Waals surface area contributed by atoms with Gasteiger partial charge in [0.2, 0.25) is 0 Å². The summed E-state index contributed by atoms with van der Waals surface area (Å²) in [4.78, 5) is 0. The molecule has 1 unspecified atom stereocenters. The molecule has 1 aromatic carbocycles. The Bertz CT molecular complexity index is 258. The molecule has 0 aliphatic carbocycles. The molecule has 0 heterocycles. The summed E-state index contributed by atoms with van der Waals surface area (Å²) in [6, 6.07) is 6.04. The lowest BCUT2D eigenvalue weighted by molar-refractivity contribution is 0.0794. The second-order valence-corrected chi connectivity index (χ2v) is 3.58. The van der Waals surface area contributed by atoms with Crippen LogP contribution in [0.3, 0.4) is 0 Å². The Kier molecular flexibility index (Phi) is 3.49. The molecular formula is C12H17O. The van der Waals surface area contributed by atoms with Crippen molar-refractivity contribution in [1.29, 1.82) is 0 Å². The fourth-order valence-corrected chi connectivity index (χ4v) is 1.74. The van der Waals surface area contributed by atoms with Gasteiger partial charge >= 0.3 is 0 Å². The van der Waals surface area contributed by atoms with Crippen LogP contribution in [-0.2, 0) is 5.11 Å². The van der Waals surface area contributed by atoms with Crippen molar-refractivity contribution in [2.45, 2.75) is 39.7 Å². The lowest BCUT2D eigenvalue weighted by Gasteiger charge is -2.13. The lowest BCUT2D eigenvalue weighted by atomic mass is 9.96. The highest BCUT2D eigenvalue weighted by Crippen LogP contribution is 2.25. The van der Waals surface area contributed by atoms with E-state index < -0.39 is 6.10 Å². The monoisotopic (exact) mass is 177 g/mol. The average molecular weight is 177 g/mol. The molecular weight excluding hydrogens is 160 g/mol. The fourth-order valence-electron chi connectivity index (χ4n) is 1.74. The van der Waals surface area contributed by atoms with Gasteiger partial charge in [-0.3, -0.25) is 0 Å². The molecule has 1 nitrogen and oxygen atoms in total. The van der Waals surface area contributed by atoms with Gasteiger partial charge in [0.1, 0.15) is 6.10 Å². The van der Waals surface area contributed by atoms with Crippen molar-refractivity contribution in [3.05, 3.63) is 34.9 Å². The number of rotatable bonds is 3. The van der Waals surface area contributed by atoms with Gasteiger partial charge in [-0.15, -0.1) is 0 Å². The molecule has 0 aromatic heterocycles. The van der Waals surface area contributed by atoms with Gasteiger partial charge in [0.15, 0.2) is 0 Å². The second kappa shape index (κ2) is 4.43. The van der Waals surface area contributed by atoms with E-state index in [0.29, 0.717) is 0 Å². The van der Waals surface area contributed by atoms with Crippen molar-refractivity contribution in [2.75, 3.05) is 0 Å². The summed E-state index contributed by atoms with van der Waals surface area (Å²) in [6.07, 6.45) is 1.17. The first-order chi connectivity index (χ1) is 6.16. The van der Waals surface area contributed by atoms with Gasteiger partial charge in [-0.2, -0.15) is 0 Å². The van der Waals surface area contributed by atoms with Gasteiger partial charge in [-0.25, -0.2) is 5.11 Å². The maximum atomic E-state index is 11.8. The highest BCUT2D eigenvalue weighted by molar-refractivity contribution is 5.35. The summed E-state index contributed by atoms with van der Waals surface area (Å²) < 4.78 is 0. The van der Waals surface area contributed by atoms with E-state index in [4.69, 9.17) is 0 Å². The van der Waals surface area contributed by atoms with Crippen molar-refractivity contribution < 1.29 is 5.11 Å². The Balaban J connectivity index is 2.98. The van der Waals surface area contributed by atoms with Crippen LogP contribution in [0.15, 0.2) is 18.2 Å². The molecule has 0 aliphatic heterocycles. The van der Waals surface area contributed by atoms with E-state index in [-0.39, 0.29) is 0 Å². The Hall–Kier alpha value is -0.820. The van der Waals surface area contributed by atoms with Crippen molar-refractivity contribution in [3.8, 4) is 0 Å². The second-order valence-electron chi connectivity index (χ2n) is 3.58. The lowest BCUT2D eigenvalue weighted by Crippen LogP contribution is -2.00. The molecule has 0 saturated carbocycles. The van der Waals surface area contributed by atoms with E-state index in [0.717, 1.165) is 29.5 Å². The van der Waals surface area contributed by atoms with E-state index in [1.807, 2.05) is 32.0 Å². The third-order valence-electron chi connectivity index (χ3n) is 2.41.